The minimum Gasteiger partial charge on any atom is -0.490 e. The van der Waals surface area contributed by atoms with Gasteiger partial charge in [-0.15, -0.1) is 0 Å². The number of halogens is 1. The highest BCUT2D eigenvalue weighted by Crippen LogP contribution is 2.22. The zero-order valence-corrected chi connectivity index (χ0v) is 12.9. The molecule has 1 aromatic carbocycles. The Bertz CT molecular complexity index is 426. The Labute approximate surface area is 125 Å². The molecule has 2 N–H and O–H groups in total. The van der Waals surface area contributed by atoms with Crippen molar-refractivity contribution in [1.82, 2.24) is 4.90 Å². The maximum absolute atomic E-state index is 12.1. The van der Waals surface area contributed by atoms with Crippen molar-refractivity contribution < 1.29 is 9.53 Å². The molecule has 1 unspecified atom stereocenters. The van der Waals surface area contributed by atoms with Crippen LogP contribution in [0.25, 0.3) is 0 Å². The molecule has 1 amide bonds. The minimum atomic E-state index is 0.00358. The molecule has 0 heterocycles. The molecule has 4 nitrogen and oxygen atoms in total. The number of hydrogen-bond acceptors (Lipinski definition) is 3. The van der Waals surface area contributed by atoms with E-state index in [0.29, 0.717) is 30.5 Å². The first kappa shape index (κ1) is 16.8. The van der Waals surface area contributed by atoms with E-state index in [9.17, 15) is 4.79 Å². The second kappa shape index (κ2) is 8.82. The molecule has 0 aliphatic carbocycles. The van der Waals surface area contributed by atoms with Gasteiger partial charge < -0.3 is 15.4 Å². The quantitative estimate of drug-likeness (QED) is 0.802. The predicted molar refractivity (Wildman–Crippen MR) is 82.0 cm³/mol. The molecule has 1 atom stereocenters. The number of ether oxygens (including phenoxy) is 1. The molecule has 0 bridgehead atoms. The molecule has 0 fully saturated rings. The van der Waals surface area contributed by atoms with Crippen LogP contribution >= 0.6 is 11.6 Å². The molecule has 0 saturated carbocycles. The summed E-state index contributed by atoms with van der Waals surface area (Å²) in [4.78, 5) is 13.8. The van der Waals surface area contributed by atoms with E-state index in [-0.39, 0.29) is 11.8 Å². The maximum Gasteiger partial charge on any atom is 0.225 e. The normalized spacial score (nSPS) is 12.0. The second-order valence-corrected chi connectivity index (χ2v) is 5.28. The van der Waals surface area contributed by atoms with Gasteiger partial charge in [0.25, 0.3) is 0 Å². The Balaban J connectivity index is 2.34. The number of carbonyl (C=O) groups excluding carboxylic acids is 1. The Kier molecular flexibility index (Phi) is 7.41. The SMILES string of the molecule is CC(CCCN)C(=O)N(C)CCOc1ccccc1Cl. The minimum absolute atomic E-state index is 0.00358. The molecular formula is C15H23ClN2O2. The number of para-hydroxylation sites is 1. The van der Waals surface area contributed by atoms with Gasteiger partial charge in [0.15, 0.2) is 0 Å². The van der Waals surface area contributed by atoms with Gasteiger partial charge in [-0.25, -0.2) is 0 Å². The van der Waals surface area contributed by atoms with Crippen molar-refractivity contribution in [2.75, 3.05) is 26.7 Å². The number of likely N-dealkylation sites (N-methyl/N-ethyl adjacent to an activating group) is 1. The lowest BCUT2D eigenvalue weighted by molar-refractivity contribution is -0.134. The van der Waals surface area contributed by atoms with E-state index in [4.69, 9.17) is 22.1 Å². The molecule has 0 aromatic heterocycles. The fourth-order valence-corrected chi connectivity index (χ4v) is 2.08. The maximum atomic E-state index is 12.1. The van der Waals surface area contributed by atoms with Crippen LogP contribution in [0.15, 0.2) is 24.3 Å². The van der Waals surface area contributed by atoms with E-state index in [1.165, 1.54) is 0 Å². The summed E-state index contributed by atoms with van der Waals surface area (Å²) >= 11 is 5.99. The van der Waals surface area contributed by atoms with E-state index in [1.54, 1.807) is 18.0 Å². The van der Waals surface area contributed by atoms with Crippen LogP contribution < -0.4 is 10.5 Å². The zero-order chi connectivity index (χ0) is 15.0. The van der Waals surface area contributed by atoms with Crippen LogP contribution in [0, 0.1) is 5.92 Å². The number of hydrogen-bond donors (Lipinski definition) is 1. The van der Waals surface area contributed by atoms with Crippen LogP contribution in [0.2, 0.25) is 5.02 Å². The van der Waals surface area contributed by atoms with Crippen molar-refractivity contribution in [3.8, 4) is 5.75 Å². The first-order valence-corrected chi connectivity index (χ1v) is 7.26. The van der Waals surface area contributed by atoms with Crippen molar-refractivity contribution in [2.45, 2.75) is 19.8 Å². The fraction of sp³-hybridized carbons (Fsp3) is 0.533. The summed E-state index contributed by atoms with van der Waals surface area (Å²) < 4.78 is 5.57. The van der Waals surface area contributed by atoms with Crippen molar-refractivity contribution in [1.29, 1.82) is 0 Å². The van der Waals surface area contributed by atoms with Crippen molar-refractivity contribution in [3.63, 3.8) is 0 Å². The molecule has 0 spiro atoms. The smallest absolute Gasteiger partial charge is 0.225 e. The van der Waals surface area contributed by atoms with Gasteiger partial charge in [0.1, 0.15) is 12.4 Å². The third-order valence-electron chi connectivity index (χ3n) is 3.16. The first-order valence-electron chi connectivity index (χ1n) is 6.88. The monoisotopic (exact) mass is 298 g/mol. The van der Waals surface area contributed by atoms with E-state index in [2.05, 4.69) is 0 Å². The van der Waals surface area contributed by atoms with E-state index < -0.39 is 0 Å². The number of rotatable bonds is 8. The summed E-state index contributed by atoms with van der Waals surface area (Å²) in [5.41, 5.74) is 5.45. The molecule has 1 aromatic rings. The van der Waals surface area contributed by atoms with Gasteiger partial charge >= 0.3 is 0 Å². The molecule has 0 radical (unpaired) electrons. The Hall–Kier alpha value is -1.26. The lowest BCUT2D eigenvalue weighted by Gasteiger charge is -2.21. The van der Waals surface area contributed by atoms with Gasteiger partial charge in [-0.2, -0.15) is 0 Å². The molecule has 0 aliphatic rings. The van der Waals surface area contributed by atoms with Crippen LogP contribution in [-0.2, 0) is 4.79 Å². The molecule has 20 heavy (non-hydrogen) atoms. The number of nitrogens with zero attached hydrogens (tertiary/aromatic N) is 1. The van der Waals surface area contributed by atoms with Crippen LogP contribution in [0.1, 0.15) is 19.8 Å². The first-order chi connectivity index (χ1) is 9.56. The average molecular weight is 299 g/mol. The van der Waals surface area contributed by atoms with Crippen LogP contribution in [0.3, 0.4) is 0 Å². The van der Waals surface area contributed by atoms with Crippen molar-refractivity contribution >= 4 is 17.5 Å². The molecular weight excluding hydrogens is 276 g/mol. The molecule has 0 aliphatic heterocycles. The number of carbonyl (C=O) groups is 1. The summed E-state index contributed by atoms with van der Waals surface area (Å²) in [6.07, 6.45) is 1.70. The Morgan fingerprint density at radius 1 is 1.45 bits per heavy atom. The zero-order valence-electron chi connectivity index (χ0n) is 12.1. The highest BCUT2D eigenvalue weighted by Gasteiger charge is 2.16. The molecule has 1 rings (SSSR count). The van der Waals surface area contributed by atoms with Crippen LogP contribution in [0.5, 0.6) is 5.75 Å². The van der Waals surface area contributed by atoms with Crippen LogP contribution in [0.4, 0.5) is 0 Å². The van der Waals surface area contributed by atoms with Crippen molar-refractivity contribution in [3.05, 3.63) is 29.3 Å². The summed E-state index contributed by atoms with van der Waals surface area (Å²) in [6, 6.07) is 7.31. The van der Waals surface area contributed by atoms with Crippen molar-refractivity contribution in [2.24, 2.45) is 11.7 Å². The number of nitrogens with two attached hydrogens (primary N) is 1. The van der Waals surface area contributed by atoms with E-state index in [1.807, 2.05) is 25.1 Å². The summed E-state index contributed by atoms with van der Waals surface area (Å²) in [6.45, 7) is 3.52. The summed E-state index contributed by atoms with van der Waals surface area (Å²) in [5.74, 6) is 0.774. The average Bonchev–Trinajstić information content (AvgIpc) is 2.45. The van der Waals surface area contributed by atoms with Gasteiger partial charge in [0.2, 0.25) is 5.91 Å². The Morgan fingerprint density at radius 3 is 2.80 bits per heavy atom. The largest absolute Gasteiger partial charge is 0.490 e. The summed E-state index contributed by atoms with van der Waals surface area (Å²) in [7, 11) is 1.79. The standard InChI is InChI=1S/C15H23ClN2O2/c1-12(6-5-9-17)15(19)18(2)10-11-20-14-8-4-3-7-13(14)16/h3-4,7-8,12H,5-6,9-11,17H2,1-2H3. The third kappa shape index (κ3) is 5.39. The van der Waals surface area contributed by atoms with E-state index >= 15 is 0 Å². The highest BCUT2D eigenvalue weighted by atomic mass is 35.5. The topological polar surface area (TPSA) is 55.6 Å². The predicted octanol–water partition coefficient (Wildman–Crippen LogP) is 2.55. The highest BCUT2D eigenvalue weighted by molar-refractivity contribution is 6.32. The fourth-order valence-electron chi connectivity index (χ4n) is 1.89. The van der Waals surface area contributed by atoms with Gasteiger partial charge in [-0.1, -0.05) is 30.7 Å². The van der Waals surface area contributed by atoms with Gasteiger partial charge in [0, 0.05) is 13.0 Å². The third-order valence-corrected chi connectivity index (χ3v) is 3.47. The lowest BCUT2D eigenvalue weighted by atomic mass is 10.0. The molecule has 0 saturated heterocycles. The van der Waals surface area contributed by atoms with Gasteiger partial charge in [-0.3, -0.25) is 4.79 Å². The number of amides is 1. The lowest BCUT2D eigenvalue weighted by Crippen LogP contribution is -2.35. The van der Waals surface area contributed by atoms with Crippen LogP contribution in [-0.4, -0.2) is 37.6 Å². The summed E-state index contributed by atoms with van der Waals surface area (Å²) in [5, 5.41) is 0.581. The molecule has 112 valence electrons. The van der Waals surface area contributed by atoms with Gasteiger partial charge in [0.05, 0.1) is 11.6 Å². The molecule has 5 heteroatoms. The Morgan fingerprint density at radius 2 is 2.15 bits per heavy atom. The number of benzene rings is 1. The van der Waals surface area contributed by atoms with Gasteiger partial charge in [-0.05, 0) is 31.5 Å². The second-order valence-electron chi connectivity index (χ2n) is 4.87. The van der Waals surface area contributed by atoms with E-state index in [0.717, 1.165) is 12.8 Å².